The van der Waals surface area contributed by atoms with E-state index in [0.717, 1.165) is 30.2 Å². The zero-order chi connectivity index (χ0) is 20.3. The number of carbonyl (C=O) groups excluding carboxylic acids is 2. The standard InChI is InChI=1S/C21H29N5O2/c1-21(2,3)18(20(28)22-4)25-19(27)17-15-13-23-10-11-26(15)16(24-17)12-14-8-6-5-7-9-14/h5-9,18,23H,10-13H2,1-4H3,(H,22,28)(H,25,27). The van der Waals surface area contributed by atoms with Gasteiger partial charge in [-0.3, -0.25) is 9.59 Å². The van der Waals surface area contributed by atoms with Crippen LogP contribution in [0.15, 0.2) is 30.3 Å². The van der Waals surface area contributed by atoms with Crippen molar-refractivity contribution in [3.8, 4) is 0 Å². The highest BCUT2D eigenvalue weighted by atomic mass is 16.2. The maximum Gasteiger partial charge on any atom is 0.272 e. The lowest BCUT2D eigenvalue weighted by atomic mass is 9.86. The number of carbonyl (C=O) groups is 2. The number of hydrogen-bond donors (Lipinski definition) is 3. The Morgan fingerprint density at radius 3 is 2.61 bits per heavy atom. The summed E-state index contributed by atoms with van der Waals surface area (Å²) in [6, 6.07) is 9.46. The van der Waals surface area contributed by atoms with E-state index in [1.165, 1.54) is 0 Å². The third-order valence-electron chi connectivity index (χ3n) is 5.03. The topological polar surface area (TPSA) is 88.1 Å². The Kier molecular flexibility index (Phi) is 5.84. The Morgan fingerprint density at radius 1 is 1.25 bits per heavy atom. The van der Waals surface area contributed by atoms with Crippen molar-refractivity contribution in [1.82, 2.24) is 25.5 Å². The predicted octanol–water partition coefficient (Wildman–Crippen LogP) is 1.47. The Hall–Kier alpha value is -2.67. The summed E-state index contributed by atoms with van der Waals surface area (Å²) >= 11 is 0. The van der Waals surface area contributed by atoms with Gasteiger partial charge in [0.15, 0.2) is 5.69 Å². The minimum absolute atomic E-state index is 0.212. The molecule has 1 atom stereocenters. The summed E-state index contributed by atoms with van der Waals surface area (Å²) in [5, 5.41) is 8.84. The fourth-order valence-corrected chi connectivity index (χ4v) is 3.49. The van der Waals surface area contributed by atoms with Crippen molar-refractivity contribution in [3.05, 3.63) is 53.1 Å². The van der Waals surface area contributed by atoms with Crippen LogP contribution < -0.4 is 16.0 Å². The molecule has 2 heterocycles. The number of amides is 2. The maximum absolute atomic E-state index is 13.1. The third-order valence-corrected chi connectivity index (χ3v) is 5.03. The van der Waals surface area contributed by atoms with E-state index in [1.54, 1.807) is 7.05 Å². The second-order valence-corrected chi connectivity index (χ2v) is 8.20. The first kappa shape index (κ1) is 20.1. The van der Waals surface area contributed by atoms with Gasteiger partial charge >= 0.3 is 0 Å². The van der Waals surface area contributed by atoms with Gasteiger partial charge in [-0.05, 0) is 11.0 Å². The summed E-state index contributed by atoms with van der Waals surface area (Å²) in [5.74, 6) is 0.354. The molecule has 1 aromatic carbocycles. The van der Waals surface area contributed by atoms with Gasteiger partial charge in [0.1, 0.15) is 11.9 Å². The Balaban J connectivity index is 1.90. The molecule has 1 unspecified atom stereocenters. The normalized spacial score (nSPS) is 14.9. The molecular formula is C21H29N5O2. The van der Waals surface area contributed by atoms with Crippen molar-refractivity contribution >= 4 is 11.8 Å². The van der Waals surface area contributed by atoms with E-state index in [2.05, 4.69) is 37.6 Å². The van der Waals surface area contributed by atoms with Gasteiger partial charge < -0.3 is 20.5 Å². The number of likely N-dealkylation sites (N-methyl/N-ethyl adjacent to an activating group) is 1. The number of aromatic nitrogens is 2. The Bertz CT molecular complexity index is 852. The van der Waals surface area contributed by atoms with Crippen LogP contribution in [0.1, 0.15) is 48.3 Å². The number of imidazole rings is 1. The quantitative estimate of drug-likeness (QED) is 0.730. The molecule has 2 aromatic rings. The summed E-state index contributed by atoms with van der Waals surface area (Å²) in [7, 11) is 1.58. The second kappa shape index (κ2) is 8.14. The van der Waals surface area contributed by atoms with Gasteiger partial charge in [-0.1, -0.05) is 51.1 Å². The van der Waals surface area contributed by atoms with Crippen LogP contribution in [0.25, 0.3) is 0 Å². The average Bonchev–Trinajstić information content (AvgIpc) is 3.04. The highest BCUT2D eigenvalue weighted by molar-refractivity contribution is 5.97. The van der Waals surface area contributed by atoms with Gasteiger partial charge in [0.2, 0.25) is 5.91 Å². The number of benzene rings is 1. The first-order valence-electron chi connectivity index (χ1n) is 9.66. The first-order chi connectivity index (χ1) is 13.3. The fourth-order valence-electron chi connectivity index (χ4n) is 3.49. The third kappa shape index (κ3) is 4.25. The fraction of sp³-hybridized carbons (Fsp3) is 0.476. The van der Waals surface area contributed by atoms with E-state index >= 15 is 0 Å². The summed E-state index contributed by atoms with van der Waals surface area (Å²) in [4.78, 5) is 30.0. The molecule has 2 amide bonds. The SMILES string of the molecule is CNC(=O)C(NC(=O)c1nc(Cc2ccccc2)n2c1CNCC2)C(C)(C)C. The van der Waals surface area contributed by atoms with Gasteiger partial charge in [0.05, 0.1) is 5.69 Å². The zero-order valence-corrected chi connectivity index (χ0v) is 17.0. The van der Waals surface area contributed by atoms with E-state index in [9.17, 15) is 9.59 Å². The zero-order valence-electron chi connectivity index (χ0n) is 17.0. The number of hydrogen-bond acceptors (Lipinski definition) is 4. The smallest absolute Gasteiger partial charge is 0.272 e. The molecule has 0 spiro atoms. The van der Waals surface area contributed by atoms with Gasteiger partial charge in [-0.2, -0.15) is 0 Å². The maximum atomic E-state index is 13.1. The van der Waals surface area contributed by atoms with Crippen molar-refractivity contribution < 1.29 is 9.59 Å². The van der Waals surface area contributed by atoms with Crippen LogP contribution in [0, 0.1) is 5.41 Å². The molecule has 7 nitrogen and oxygen atoms in total. The molecule has 0 saturated carbocycles. The highest BCUT2D eigenvalue weighted by Gasteiger charge is 2.34. The lowest BCUT2D eigenvalue weighted by Crippen LogP contribution is -2.53. The minimum atomic E-state index is -0.642. The van der Waals surface area contributed by atoms with Crippen LogP contribution in [0.3, 0.4) is 0 Å². The molecule has 3 N–H and O–H groups in total. The van der Waals surface area contributed by atoms with Crippen LogP contribution in [-0.4, -0.2) is 41.0 Å². The molecule has 0 aliphatic carbocycles. The summed E-state index contributed by atoms with van der Waals surface area (Å²) in [6.07, 6.45) is 0.666. The molecule has 150 valence electrons. The average molecular weight is 383 g/mol. The predicted molar refractivity (Wildman–Crippen MR) is 108 cm³/mol. The van der Waals surface area contributed by atoms with E-state index in [1.807, 2.05) is 39.0 Å². The van der Waals surface area contributed by atoms with Crippen LogP contribution in [0.4, 0.5) is 0 Å². The van der Waals surface area contributed by atoms with Gasteiger partial charge in [-0.25, -0.2) is 4.98 Å². The molecule has 7 heteroatoms. The van der Waals surface area contributed by atoms with Crippen molar-refractivity contribution in [2.45, 2.75) is 46.3 Å². The number of nitrogens with zero attached hydrogens (tertiary/aromatic N) is 2. The number of fused-ring (bicyclic) bond motifs is 1. The highest BCUT2D eigenvalue weighted by Crippen LogP contribution is 2.22. The molecule has 1 aliphatic heterocycles. The van der Waals surface area contributed by atoms with Crippen LogP contribution in [-0.2, 0) is 24.3 Å². The van der Waals surface area contributed by atoms with Crippen molar-refractivity contribution in [2.75, 3.05) is 13.6 Å². The summed E-state index contributed by atoms with van der Waals surface area (Å²) < 4.78 is 2.13. The molecule has 0 bridgehead atoms. The minimum Gasteiger partial charge on any atom is -0.357 e. The van der Waals surface area contributed by atoms with Gasteiger partial charge in [-0.15, -0.1) is 0 Å². The molecule has 1 aliphatic rings. The monoisotopic (exact) mass is 383 g/mol. The lowest BCUT2D eigenvalue weighted by molar-refractivity contribution is -0.124. The van der Waals surface area contributed by atoms with Crippen molar-refractivity contribution in [3.63, 3.8) is 0 Å². The van der Waals surface area contributed by atoms with Gasteiger partial charge in [0, 0.05) is 33.1 Å². The van der Waals surface area contributed by atoms with Crippen LogP contribution in [0.2, 0.25) is 0 Å². The number of rotatable bonds is 5. The summed E-state index contributed by atoms with van der Waals surface area (Å²) in [6.45, 7) is 7.99. The number of nitrogens with one attached hydrogen (secondary N) is 3. The lowest BCUT2D eigenvalue weighted by Gasteiger charge is -2.29. The van der Waals surface area contributed by atoms with E-state index in [-0.39, 0.29) is 11.8 Å². The van der Waals surface area contributed by atoms with Crippen molar-refractivity contribution in [2.24, 2.45) is 5.41 Å². The molecular weight excluding hydrogens is 354 g/mol. The van der Waals surface area contributed by atoms with E-state index in [0.29, 0.717) is 18.7 Å². The molecule has 0 saturated heterocycles. The molecule has 1 aromatic heterocycles. The van der Waals surface area contributed by atoms with Crippen LogP contribution in [0.5, 0.6) is 0 Å². The molecule has 0 fully saturated rings. The second-order valence-electron chi connectivity index (χ2n) is 8.20. The Morgan fingerprint density at radius 2 is 1.96 bits per heavy atom. The summed E-state index contributed by atoms with van der Waals surface area (Å²) in [5.41, 5.74) is 2.01. The van der Waals surface area contributed by atoms with E-state index < -0.39 is 11.5 Å². The first-order valence-corrected chi connectivity index (χ1v) is 9.66. The van der Waals surface area contributed by atoms with Crippen LogP contribution >= 0.6 is 0 Å². The van der Waals surface area contributed by atoms with Gasteiger partial charge in [0.25, 0.3) is 5.91 Å². The Labute approximate surface area is 165 Å². The molecule has 28 heavy (non-hydrogen) atoms. The largest absolute Gasteiger partial charge is 0.357 e. The molecule has 0 radical (unpaired) electrons. The van der Waals surface area contributed by atoms with Crippen molar-refractivity contribution in [1.29, 1.82) is 0 Å². The molecule has 3 rings (SSSR count). The van der Waals surface area contributed by atoms with E-state index in [4.69, 9.17) is 0 Å².